The van der Waals surface area contributed by atoms with Crippen LogP contribution in [0.5, 0.6) is 0 Å². The van der Waals surface area contributed by atoms with Crippen LogP contribution in [0.3, 0.4) is 0 Å². The zero-order valence-electron chi connectivity index (χ0n) is 17.3. The molecule has 0 heterocycles. The Morgan fingerprint density at radius 1 is 0.963 bits per heavy atom. The van der Waals surface area contributed by atoms with Gasteiger partial charge in [-0.05, 0) is 25.3 Å². The highest BCUT2D eigenvalue weighted by atomic mass is 16.3. The molecule has 1 rings (SSSR count). The van der Waals surface area contributed by atoms with Crippen LogP contribution in [0.25, 0.3) is 0 Å². The Balaban J connectivity index is 2.16. The molecule has 1 amide bonds. The Morgan fingerprint density at radius 3 is 2.07 bits per heavy atom. The molecule has 2 atom stereocenters. The Labute approximate surface area is 165 Å². The first-order valence-electron chi connectivity index (χ1n) is 10.7. The van der Waals surface area contributed by atoms with Crippen molar-refractivity contribution in [2.75, 3.05) is 6.61 Å². The van der Waals surface area contributed by atoms with E-state index in [4.69, 9.17) is 0 Å². The van der Waals surface area contributed by atoms with E-state index in [0.717, 1.165) is 24.0 Å². The highest BCUT2D eigenvalue weighted by molar-refractivity contribution is 5.76. The molecule has 27 heavy (non-hydrogen) atoms. The van der Waals surface area contributed by atoms with Crippen LogP contribution in [-0.2, 0) is 4.79 Å². The molecule has 4 nitrogen and oxygen atoms in total. The Morgan fingerprint density at radius 2 is 1.52 bits per heavy atom. The zero-order chi connectivity index (χ0) is 19.9. The molecule has 0 fully saturated rings. The van der Waals surface area contributed by atoms with Gasteiger partial charge in [-0.1, -0.05) is 88.1 Å². The van der Waals surface area contributed by atoms with E-state index in [2.05, 4.69) is 12.2 Å². The van der Waals surface area contributed by atoms with Crippen molar-refractivity contribution >= 4 is 5.91 Å². The molecule has 1 aromatic rings. The lowest BCUT2D eigenvalue weighted by Gasteiger charge is -2.20. The summed E-state index contributed by atoms with van der Waals surface area (Å²) >= 11 is 0. The lowest BCUT2D eigenvalue weighted by atomic mass is 10.0. The van der Waals surface area contributed by atoms with Crippen molar-refractivity contribution in [3.8, 4) is 0 Å². The quantitative estimate of drug-likeness (QED) is 0.384. The van der Waals surface area contributed by atoms with E-state index in [1.54, 1.807) is 0 Å². The summed E-state index contributed by atoms with van der Waals surface area (Å²) < 4.78 is 0. The predicted octanol–water partition coefficient (Wildman–Crippen LogP) is 4.82. The van der Waals surface area contributed by atoms with Crippen molar-refractivity contribution < 1.29 is 15.0 Å². The van der Waals surface area contributed by atoms with Crippen LogP contribution in [0.2, 0.25) is 0 Å². The maximum absolute atomic E-state index is 12.1. The van der Waals surface area contributed by atoms with E-state index in [0.29, 0.717) is 12.8 Å². The summed E-state index contributed by atoms with van der Waals surface area (Å²) in [4.78, 5) is 12.1. The summed E-state index contributed by atoms with van der Waals surface area (Å²) in [6.45, 7) is 4.07. The molecule has 4 heteroatoms. The van der Waals surface area contributed by atoms with Gasteiger partial charge in [-0.25, -0.2) is 0 Å². The predicted molar refractivity (Wildman–Crippen MR) is 112 cm³/mol. The molecule has 0 unspecified atom stereocenters. The van der Waals surface area contributed by atoms with Crippen LogP contribution >= 0.6 is 0 Å². The van der Waals surface area contributed by atoms with Crippen LogP contribution in [0.4, 0.5) is 0 Å². The lowest BCUT2D eigenvalue weighted by molar-refractivity contribution is -0.122. The van der Waals surface area contributed by atoms with Crippen molar-refractivity contribution in [3.05, 3.63) is 35.4 Å². The lowest BCUT2D eigenvalue weighted by Crippen LogP contribution is -2.38. The first-order chi connectivity index (χ1) is 13.1. The number of hydrogen-bond acceptors (Lipinski definition) is 3. The highest BCUT2D eigenvalue weighted by Crippen LogP contribution is 2.19. The molecular weight excluding hydrogens is 338 g/mol. The van der Waals surface area contributed by atoms with E-state index in [-0.39, 0.29) is 12.5 Å². The summed E-state index contributed by atoms with van der Waals surface area (Å²) in [7, 11) is 0. The van der Waals surface area contributed by atoms with Gasteiger partial charge < -0.3 is 15.5 Å². The van der Waals surface area contributed by atoms with E-state index >= 15 is 0 Å². The molecule has 0 radical (unpaired) electrons. The summed E-state index contributed by atoms with van der Waals surface area (Å²) in [5, 5.41) is 22.7. The third-order valence-electron chi connectivity index (χ3n) is 5.06. The number of unbranched alkanes of at least 4 members (excludes halogenated alkanes) is 8. The van der Waals surface area contributed by atoms with Crippen LogP contribution in [0.1, 0.15) is 94.8 Å². The van der Waals surface area contributed by atoms with Gasteiger partial charge in [-0.2, -0.15) is 0 Å². The van der Waals surface area contributed by atoms with Crippen LogP contribution < -0.4 is 5.32 Å². The largest absolute Gasteiger partial charge is 0.394 e. The number of carbonyl (C=O) groups is 1. The van der Waals surface area contributed by atoms with Crippen LogP contribution in [0.15, 0.2) is 24.3 Å². The normalized spacial score (nSPS) is 13.3. The molecule has 0 aliphatic carbocycles. The van der Waals surface area contributed by atoms with Gasteiger partial charge in [0, 0.05) is 6.42 Å². The van der Waals surface area contributed by atoms with Crippen molar-refractivity contribution in [3.63, 3.8) is 0 Å². The van der Waals surface area contributed by atoms with Crippen LogP contribution in [0, 0.1) is 6.92 Å². The van der Waals surface area contributed by atoms with E-state index in [1.807, 2.05) is 31.2 Å². The van der Waals surface area contributed by atoms with Gasteiger partial charge in [-0.3, -0.25) is 4.79 Å². The summed E-state index contributed by atoms with van der Waals surface area (Å²) in [5.74, 6) is -0.0342. The molecule has 0 saturated carbocycles. The number of nitrogens with one attached hydrogen (secondary N) is 1. The topological polar surface area (TPSA) is 69.6 Å². The van der Waals surface area contributed by atoms with Crippen molar-refractivity contribution in [2.45, 2.75) is 96.6 Å². The monoisotopic (exact) mass is 377 g/mol. The maximum Gasteiger partial charge on any atom is 0.220 e. The minimum absolute atomic E-state index is 0.0342. The number of carbonyl (C=O) groups excluding carboxylic acids is 1. The standard InChI is InChI=1S/C23H39NO3/c1-3-4-5-6-7-8-9-10-11-12-23(27)24-21(18-25)17-22(26)20-15-13-19(2)14-16-20/h13-16,21-22,25-26H,3-12,17-18H2,1-2H3,(H,24,27)/t21-,22-/m1/s1. The summed E-state index contributed by atoms with van der Waals surface area (Å²) in [6.07, 6.45) is 11.1. The highest BCUT2D eigenvalue weighted by Gasteiger charge is 2.17. The molecule has 0 saturated heterocycles. The SMILES string of the molecule is CCCCCCCCCCCC(=O)N[C@@H](CO)C[C@@H](O)c1ccc(C)cc1. The fraction of sp³-hybridized carbons (Fsp3) is 0.696. The molecule has 1 aromatic carbocycles. The van der Waals surface area contributed by atoms with E-state index in [9.17, 15) is 15.0 Å². The molecule has 0 aliphatic heterocycles. The first-order valence-corrected chi connectivity index (χ1v) is 10.7. The third kappa shape index (κ3) is 11.1. The molecule has 0 spiro atoms. The Bertz CT molecular complexity index is 501. The minimum Gasteiger partial charge on any atom is -0.394 e. The minimum atomic E-state index is -0.684. The molecule has 0 aromatic heterocycles. The number of aliphatic hydroxyl groups is 2. The third-order valence-corrected chi connectivity index (χ3v) is 5.06. The van der Waals surface area contributed by atoms with Gasteiger partial charge in [0.2, 0.25) is 5.91 Å². The average Bonchev–Trinajstić information content (AvgIpc) is 2.66. The van der Waals surface area contributed by atoms with Crippen LogP contribution in [-0.4, -0.2) is 28.8 Å². The second-order valence-electron chi connectivity index (χ2n) is 7.69. The smallest absolute Gasteiger partial charge is 0.220 e. The van der Waals surface area contributed by atoms with Gasteiger partial charge >= 0.3 is 0 Å². The number of benzene rings is 1. The second-order valence-corrected chi connectivity index (χ2v) is 7.69. The Hall–Kier alpha value is -1.39. The number of aliphatic hydroxyl groups excluding tert-OH is 2. The molecule has 0 bridgehead atoms. The maximum atomic E-state index is 12.1. The molecular formula is C23H39NO3. The molecule has 154 valence electrons. The fourth-order valence-electron chi connectivity index (χ4n) is 3.27. The number of rotatable bonds is 15. The van der Waals surface area contributed by atoms with Gasteiger partial charge in [0.25, 0.3) is 0 Å². The van der Waals surface area contributed by atoms with Crippen molar-refractivity contribution in [1.82, 2.24) is 5.32 Å². The van der Waals surface area contributed by atoms with Gasteiger partial charge in [0.05, 0.1) is 18.8 Å². The average molecular weight is 378 g/mol. The van der Waals surface area contributed by atoms with Crippen molar-refractivity contribution in [1.29, 1.82) is 0 Å². The number of aryl methyl sites for hydroxylation is 1. The number of hydrogen-bond donors (Lipinski definition) is 3. The summed E-state index contributed by atoms with van der Waals surface area (Å²) in [5.41, 5.74) is 1.95. The van der Waals surface area contributed by atoms with Crippen molar-refractivity contribution in [2.24, 2.45) is 0 Å². The number of amides is 1. The Kier molecular flexibility index (Phi) is 12.8. The fourth-order valence-corrected chi connectivity index (χ4v) is 3.27. The van der Waals surface area contributed by atoms with Gasteiger partial charge in [-0.15, -0.1) is 0 Å². The molecule has 0 aliphatic rings. The molecule has 3 N–H and O–H groups in total. The van der Waals surface area contributed by atoms with Gasteiger partial charge in [0.15, 0.2) is 0 Å². The van der Waals surface area contributed by atoms with Gasteiger partial charge in [0.1, 0.15) is 0 Å². The first kappa shape index (κ1) is 23.6. The van der Waals surface area contributed by atoms with E-state index < -0.39 is 12.1 Å². The zero-order valence-corrected chi connectivity index (χ0v) is 17.3. The second kappa shape index (κ2) is 14.6. The van der Waals surface area contributed by atoms with E-state index in [1.165, 1.54) is 44.9 Å². The summed E-state index contributed by atoms with van der Waals surface area (Å²) in [6, 6.07) is 7.27.